The molecule has 158 valence electrons. The average molecular weight is 510 g/mol. The number of nitrogens with one attached hydrogen (secondary N) is 3. The highest BCUT2D eigenvalue weighted by Gasteiger charge is 2.14. The lowest BCUT2D eigenvalue weighted by Gasteiger charge is -2.23. The summed E-state index contributed by atoms with van der Waals surface area (Å²) in [6.45, 7) is 9.31. The molecular weight excluding hydrogens is 479 g/mol. The average Bonchev–Trinajstić information content (AvgIpc) is 2.64. The molecule has 1 amide bonds. The Balaban J connectivity index is 0.00000420. The fourth-order valence-electron chi connectivity index (χ4n) is 2.46. The highest BCUT2D eigenvalue weighted by atomic mass is 127. The van der Waals surface area contributed by atoms with E-state index in [0.29, 0.717) is 19.0 Å². The number of aliphatic imine (C=N–C) groups is 1. The SMILES string of the molecule is CCNC(=NCc1ccccc1OC(C)(C)C)NCC(=O)Nc1ccccc1.I. The molecule has 7 heteroatoms. The van der Waals surface area contributed by atoms with Crippen molar-refractivity contribution in [2.24, 2.45) is 4.99 Å². The number of guanidine groups is 1. The Bertz CT molecular complexity index is 789. The van der Waals surface area contributed by atoms with Gasteiger partial charge in [0, 0.05) is 17.8 Å². The van der Waals surface area contributed by atoms with Crippen molar-refractivity contribution in [3.63, 3.8) is 0 Å². The van der Waals surface area contributed by atoms with Gasteiger partial charge < -0.3 is 20.7 Å². The Morgan fingerprint density at radius 1 is 1.00 bits per heavy atom. The number of anilines is 1. The predicted octanol–water partition coefficient (Wildman–Crippen LogP) is 4.18. The molecule has 0 spiro atoms. The summed E-state index contributed by atoms with van der Waals surface area (Å²) in [4.78, 5) is 16.7. The summed E-state index contributed by atoms with van der Waals surface area (Å²) >= 11 is 0. The molecule has 6 nitrogen and oxygen atoms in total. The molecule has 0 aromatic heterocycles. The number of amides is 1. The van der Waals surface area contributed by atoms with Crippen LogP contribution in [0.15, 0.2) is 59.6 Å². The fourth-order valence-corrected chi connectivity index (χ4v) is 2.46. The third kappa shape index (κ3) is 9.65. The van der Waals surface area contributed by atoms with Gasteiger partial charge in [0.2, 0.25) is 5.91 Å². The van der Waals surface area contributed by atoms with Gasteiger partial charge in [0.25, 0.3) is 0 Å². The molecule has 0 bridgehead atoms. The van der Waals surface area contributed by atoms with Crippen LogP contribution in [-0.4, -0.2) is 30.6 Å². The molecular formula is C22H31IN4O2. The third-order valence-electron chi connectivity index (χ3n) is 3.61. The van der Waals surface area contributed by atoms with Crippen molar-refractivity contribution in [3.05, 3.63) is 60.2 Å². The zero-order valence-corrected chi connectivity index (χ0v) is 19.8. The summed E-state index contributed by atoms with van der Waals surface area (Å²) in [5.41, 5.74) is 1.48. The standard InChI is InChI=1S/C22H30N4O2.HI/c1-5-23-21(25-16-20(27)26-18-12-7-6-8-13-18)24-15-17-11-9-10-14-19(17)28-22(2,3)4;/h6-14H,5,15-16H2,1-4H3,(H,26,27)(H2,23,24,25);1H. The van der Waals surface area contributed by atoms with Crippen LogP contribution in [0.5, 0.6) is 5.75 Å². The van der Waals surface area contributed by atoms with Crippen molar-refractivity contribution in [2.75, 3.05) is 18.4 Å². The number of rotatable bonds is 7. The first-order valence-electron chi connectivity index (χ1n) is 9.51. The number of hydrogen-bond acceptors (Lipinski definition) is 3. The zero-order chi connectivity index (χ0) is 20.4. The predicted molar refractivity (Wildman–Crippen MR) is 130 cm³/mol. The summed E-state index contributed by atoms with van der Waals surface area (Å²) in [6, 6.07) is 17.2. The second kappa shape index (κ2) is 12.3. The first-order valence-corrected chi connectivity index (χ1v) is 9.51. The Morgan fingerprint density at radius 2 is 1.66 bits per heavy atom. The van der Waals surface area contributed by atoms with Crippen LogP contribution in [0.2, 0.25) is 0 Å². The Kier molecular flexibility index (Phi) is 10.5. The number of benzene rings is 2. The normalized spacial score (nSPS) is 11.2. The van der Waals surface area contributed by atoms with Crippen molar-refractivity contribution in [1.29, 1.82) is 0 Å². The number of hydrogen-bond donors (Lipinski definition) is 3. The first-order chi connectivity index (χ1) is 13.4. The van der Waals surface area contributed by atoms with Gasteiger partial charge in [-0.15, -0.1) is 24.0 Å². The van der Waals surface area contributed by atoms with Crippen molar-refractivity contribution in [3.8, 4) is 5.75 Å². The Labute approximate surface area is 190 Å². The van der Waals surface area contributed by atoms with Gasteiger partial charge in [-0.1, -0.05) is 36.4 Å². The maximum Gasteiger partial charge on any atom is 0.243 e. The van der Waals surface area contributed by atoms with Gasteiger partial charge in [-0.05, 0) is 45.9 Å². The summed E-state index contributed by atoms with van der Waals surface area (Å²) in [5.74, 6) is 1.26. The molecule has 0 radical (unpaired) electrons. The number of carbonyl (C=O) groups excluding carboxylic acids is 1. The summed E-state index contributed by atoms with van der Waals surface area (Å²) in [5, 5.41) is 9.07. The molecule has 0 aliphatic heterocycles. The quantitative estimate of drug-likeness (QED) is 0.297. The lowest BCUT2D eigenvalue weighted by molar-refractivity contribution is -0.115. The van der Waals surface area contributed by atoms with E-state index in [4.69, 9.17) is 4.74 Å². The van der Waals surface area contributed by atoms with E-state index >= 15 is 0 Å². The Morgan fingerprint density at radius 3 is 2.31 bits per heavy atom. The minimum atomic E-state index is -0.280. The van der Waals surface area contributed by atoms with E-state index in [-0.39, 0.29) is 42.0 Å². The van der Waals surface area contributed by atoms with E-state index in [1.54, 1.807) is 0 Å². The number of halogens is 1. The van der Waals surface area contributed by atoms with Crippen LogP contribution < -0.4 is 20.7 Å². The molecule has 2 aromatic rings. The molecule has 0 heterocycles. The van der Waals surface area contributed by atoms with Gasteiger partial charge in [0.05, 0.1) is 13.1 Å². The van der Waals surface area contributed by atoms with E-state index in [1.807, 2.05) is 82.3 Å². The Hall–Kier alpha value is -2.29. The van der Waals surface area contributed by atoms with Crippen LogP contribution in [-0.2, 0) is 11.3 Å². The maximum absolute atomic E-state index is 12.1. The van der Waals surface area contributed by atoms with Crippen LogP contribution in [0.4, 0.5) is 5.69 Å². The molecule has 3 N–H and O–H groups in total. The van der Waals surface area contributed by atoms with Gasteiger partial charge in [-0.2, -0.15) is 0 Å². The summed E-state index contributed by atoms with van der Waals surface area (Å²) in [7, 11) is 0. The molecule has 29 heavy (non-hydrogen) atoms. The monoisotopic (exact) mass is 510 g/mol. The van der Waals surface area contributed by atoms with Crippen molar-refractivity contribution in [2.45, 2.75) is 39.8 Å². The largest absolute Gasteiger partial charge is 0.488 e. The molecule has 2 aromatic carbocycles. The molecule has 0 saturated carbocycles. The first kappa shape index (κ1) is 24.7. The zero-order valence-electron chi connectivity index (χ0n) is 17.5. The molecule has 0 atom stereocenters. The lowest BCUT2D eigenvalue weighted by Crippen LogP contribution is -2.41. The highest BCUT2D eigenvalue weighted by molar-refractivity contribution is 14.0. The topological polar surface area (TPSA) is 74.8 Å². The minimum absolute atomic E-state index is 0. The van der Waals surface area contributed by atoms with Crippen molar-refractivity contribution < 1.29 is 9.53 Å². The van der Waals surface area contributed by atoms with E-state index < -0.39 is 0 Å². The molecule has 0 unspecified atom stereocenters. The van der Waals surface area contributed by atoms with Crippen LogP contribution in [0.1, 0.15) is 33.3 Å². The van der Waals surface area contributed by atoms with Crippen LogP contribution in [0.25, 0.3) is 0 Å². The van der Waals surface area contributed by atoms with Crippen LogP contribution in [0, 0.1) is 0 Å². The summed E-state index contributed by atoms with van der Waals surface area (Å²) < 4.78 is 6.02. The van der Waals surface area contributed by atoms with Gasteiger partial charge >= 0.3 is 0 Å². The number of nitrogens with zero attached hydrogens (tertiary/aromatic N) is 1. The van der Waals surface area contributed by atoms with Crippen molar-refractivity contribution in [1.82, 2.24) is 10.6 Å². The number of ether oxygens (including phenoxy) is 1. The fraction of sp³-hybridized carbons (Fsp3) is 0.364. The van der Waals surface area contributed by atoms with E-state index in [9.17, 15) is 4.79 Å². The van der Waals surface area contributed by atoms with Gasteiger partial charge in [0.15, 0.2) is 5.96 Å². The minimum Gasteiger partial charge on any atom is -0.488 e. The third-order valence-corrected chi connectivity index (χ3v) is 3.61. The summed E-state index contributed by atoms with van der Waals surface area (Å²) in [6.07, 6.45) is 0. The lowest BCUT2D eigenvalue weighted by atomic mass is 10.1. The van der Waals surface area contributed by atoms with Crippen LogP contribution in [0.3, 0.4) is 0 Å². The molecule has 0 aliphatic carbocycles. The highest BCUT2D eigenvalue weighted by Crippen LogP contribution is 2.23. The molecule has 0 fully saturated rings. The molecule has 2 rings (SSSR count). The van der Waals surface area contributed by atoms with Crippen LogP contribution >= 0.6 is 24.0 Å². The van der Waals surface area contributed by atoms with Gasteiger partial charge in [-0.3, -0.25) is 4.79 Å². The smallest absolute Gasteiger partial charge is 0.243 e. The van der Waals surface area contributed by atoms with E-state index in [1.165, 1.54) is 0 Å². The van der Waals surface area contributed by atoms with Crippen molar-refractivity contribution >= 4 is 41.5 Å². The maximum atomic E-state index is 12.1. The second-order valence-corrected chi connectivity index (χ2v) is 7.29. The van der Waals surface area contributed by atoms with Gasteiger partial charge in [-0.25, -0.2) is 4.99 Å². The van der Waals surface area contributed by atoms with E-state index in [2.05, 4.69) is 20.9 Å². The number of para-hydroxylation sites is 2. The number of carbonyl (C=O) groups is 1. The molecule has 0 saturated heterocycles. The van der Waals surface area contributed by atoms with E-state index in [0.717, 1.165) is 17.0 Å². The molecule has 0 aliphatic rings. The van der Waals surface area contributed by atoms with Gasteiger partial charge in [0.1, 0.15) is 11.4 Å². The second-order valence-electron chi connectivity index (χ2n) is 7.29.